The molecule has 0 aromatic carbocycles. The fraction of sp³-hybridized carbons (Fsp3) is 0.679. The van der Waals surface area contributed by atoms with Crippen LogP contribution in [0.3, 0.4) is 0 Å². The van der Waals surface area contributed by atoms with Gasteiger partial charge in [0.15, 0.2) is 11.8 Å². The van der Waals surface area contributed by atoms with E-state index in [0.717, 1.165) is 43.4 Å². The molecule has 1 unspecified atom stereocenters. The molecule has 0 saturated heterocycles. The first-order valence-electron chi connectivity index (χ1n) is 13.4. The molecule has 39 heavy (non-hydrogen) atoms. The SMILES string of the molecule is C#C.CC.CCCCC(=O)N(C)C(C[C@@H](OC(C)=O)c1nc(C(=O)O)cs1)C(C)C.NCCCCCC(N)=O. The Labute approximate surface area is 238 Å². The summed E-state index contributed by atoms with van der Waals surface area (Å²) in [5.41, 5.74) is 10.1. The van der Waals surface area contributed by atoms with Crippen LogP contribution in [0, 0.1) is 18.8 Å². The third kappa shape index (κ3) is 19.7. The molecule has 2 amide bonds. The van der Waals surface area contributed by atoms with Gasteiger partial charge in [-0.2, -0.15) is 0 Å². The molecule has 0 fully saturated rings. The molecule has 1 heterocycles. The first-order valence-corrected chi connectivity index (χ1v) is 14.3. The number of hydrogen-bond acceptors (Lipinski definition) is 8. The average Bonchev–Trinajstić information content (AvgIpc) is 3.40. The van der Waals surface area contributed by atoms with Gasteiger partial charge in [0.1, 0.15) is 5.01 Å². The zero-order chi connectivity index (χ0) is 31.0. The van der Waals surface area contributed by atoms with Crippen LogP contribution in [0.2, 0.25) is 0 Å². The number of carbonyl (C=O) groups excluding carboxylic acids is 3. The number of aromatic carboxylic acids is 1. The van der Waals surface area contributed by atoms with Crippen molar-refractivity contribution in [2.24, 2.45) is 17.4 Å². The number of primary amides is 1. The summed E-state index contributed by atoms with van der Waals surface area (Å²) >= 11 is 1.14. The number of carboxylic acid groups (broad SMARTS) is 1. The minimum Gasteiger partial charge on any atom is -0.476 e. The summed E-state index contributed by atoms with van der Waals surface area (Å²) in [6.07, 6.45) is 13.3. The Morgan fingerprint density at radius 2 is 1.69 bits per heavy atom. The van der Waals surface area contributed by atoms with Gasteiger partial charge in [0.05, 0.1) is 0 Å². The first kappa shape index (κ1) is 40.5. The Hall–Kier alpha value is -2.97. The van der Waals surface area contributed by atoms with Crippen molar-refractivity contribution in [2.75, 3.05) is 13.6 Å². The second-order valence-electron chi connectivity index (χ2n) is 8.70. The first-order chi connectivity index (χ1) is 18.4. The normalized spacial score (nSPS) is 11.3. The molecule has 0 aliphatic rings. The Morgan fingerprint density at radius 3 is 2.10 bits per heavy atom. The fourth-order valence-electron chi connectivity index (χ4n) is 3.34. The Morgan fingerprint density at radius 1 is 1.10 bits per heavy atom. The molecule has 2 atom stereocenters. The number of carboxylic acids is 1. The maximum absolute atomic E-state index is 12.4. The van der Waals surface area contributed by atoms with Gasteiger partial charge < -0.3 is 26.2 Å². The highest BCUT2D eigenvalue weighted by Crippen LogP contribution is 2.30. The van der Waals surface area contributed by atoms with E-state index in [9.17, 15) is 19.2 Å². The fourth-order valence-corrected chi connectivity index (χ4v) is 4.17. The monoisotopic (exact) mass is 570 g/mol. The number of thiazole rings is 1. The average molecular weight is 571 g/mol. The number of hydrogen-bond donors (Lipinski definition) is 3. The van der Waals surface area contributed by atoms with E-state index in [2.05, 4.69) is 17.8 Å². The van der Waals surface area contributed by atoms with Crippen molar-refractivity contribution in [1.82, 2.24) is 9.88 Å². The van der Waals surface area contributed by atoms with Crippen LogP contribution in [0.4, 0.5) is 0 Å². The minimum absolute atomic E-state index is 0.0532. The lowest BCUT2D eigenvalue weighted by atomic mass is 9.96. The Bertz CT molecular complexity index is 841. The van der Waals surface area contributed by atoms with Gasteiger partial charge in [-0.3, -0.25) is 14.4 Å². The van der Waals surface area contributed by atoms with Gasteiger partial charge in [0.2, 0.25) is 11.8 Å². The van der Waals surface area contributed by atoms with Gasteiger partial charge in [0, 0.05) is 44.7 Å². The van der Waals surface area contributed by atoms with Crippen LogP contribution < -0.4 is 11.5 Å². The molecule has 0 aliphatic heterocycles. The topological polar surface area (TPSA) is 166 Å². The van der Waals surface area contributed by atoms with E-state index in [1.54, 1.807) is 11.9 Å². The number of unbranched alkanes of at least 4 members (excludes halogenated alkanes) is 3. The molecule has 1 rings (SSSR count). The standard InChI is InChI=1S/C18H28N2O5S.C6H14N2O.C2H6.C2H2/c1-6-7-8-16(22)20(5)14(11(2)3)9-15(25-12(4)21)17-19-13(10-26-17)18(23)24;7-5-3-1-2-4-6(8)9;2*1-2/h10-11,14-15H,6-9H2,1-5H3,(H,23,24);1-5,7H2,(H2,8,9);1-2H3;1-2H/t14?,15-;;;/m1.../s1. The van der Waals surface area contributed by atoms with Gasteiger partial charge in [-0.05, 0) is 31.7 Å². The van der Waals surface area contributed by atoms with Crippen LogP contribution in [-0.2, 0) is 19.1 Å². The molecule has 0 spiro atoms. The number of nitrogens with two attached hydrogens (primary N) is 2. The van der Waals surface area contributed by atoms with Gasteiger partial charge in [-0.25, -0.2) is 9.78 Å². The molecule has 0 radical (unpaired) electrons. The van der Waals surface area contributed by atoms with Gasteiger partial charge >= 0.3 is 11.9 Å². The molecule has 0 bridgehead atoms. The summed E-state index contributed by atoms with van der Waals surface area (Å²) in [5.74, 6) is -1.61. The Kier molecular flexibility index (Phi) is 26.3. The summed E-state index contributed by atoms with van der Waals surface area (Å²) in [4.78, 5) is 50.9. The molecule has 11 heteroatoms. The van der Waals surface area contributed by atoms with Crippen molar-refractivity contribution in [3.8, 4) is 12.8 Å². The second kappa shape index (κ2) is 25.3. The molecule has 0 saturated carbocycles. The van der Waals surface area contributed by atoms with E-state index in [1.165, 1.54) is 12.3 Å². The third-order valence-corrected chi connectivity index (χ3v) is 6.25. The molecular formula is C28H50N4O6S. The number of ether oxygens (including phenoxy) is 1. The van der Waals surface area contributed by atoms with E-state index in [1.807, 2.05) is 34.6 Å². The number of amides is 2. The smallest absolute Gasteiger partial charge is 0.355 e. The van der Waals surface area contributed by atoms with E-state index in [4.69, 9.17) is 21.3 Å². The van der Waals surface area contributed by atoms with Crippen molar-refractivity contribution >= 4 is 35.1 Å². The lowest BCUT2D eigenvalue weighted by molar-refractivity contribution is -0.148. The predicted molar refractivity (Wildman–Crippen MR) is 157 cm³/mol. The van der Waals surface area contributed by atoms with Gasteiger partial charge in [0.25, 0.3) is 0 Å². The van der Waals surface area contributed by atoms with Crippen molar-refractivity contribution in [1.29, 1.82) is 0 Å². The highest BCUT2D eigenvalue weighted by molar-refractivity contribution is 7.09. The number of esters is 1. The number of terminal acetylenes is 1. The molecule has 1 aromatic heterocycles. The molecular weight excluding hydrogens is 520 g/mol. The molecule has 5 N–H and O–H groups in total. The number of nitrogens with zero attached hydrogens (tertiary/aromatic N) is 2. The van der Waals surface area contributed by atoms with Crippen LogP contribution in [0.25, 0.3) is 0 Å². The van der Waals surface area contributed by atoms with Crippen LogP contribution >= 0.6 is 11.3 Å². The second-order valence-corrected chi connectivity index (χ2v) is 9.58. The summed E-state index contributed by atoms with van der Waals surface area (Å²) in [5, 5.41) is 10.9. The lowest BCUT2D eigenvalue weighted by Crippen LogP contribution is -2.41. The van der Waals surface area contributed by atoms with Crippen molar-refractivity contribution < 1.29 is 29.0 Å². The minimum atomic E-state index is -1.12. The molecule has 0 aliphatic carbocycles. The van der Waals surface area contributed by atoms with Crippen LogP contribution in [0.15, 0.2) is 5.38 Å². The van der Waals surface area contributed by atoms with Gasteiger partial charge in [-0.15, -0.1) is 24.2 Å². The maximum atomic E-state index is 12.4. The third-order valence-electron chi connectivity index (χ3n) is 5.31. The Balaban J connectivity index is -0.000000835. The van der Waals surface area contributed by atoms with E-state index in [0.29, 0.717) is 30.8 Å². The summed E-state index contributed by atoms with van der Waals surface area (Å²) in [7, 11) is 1.76. The maximum Gasteiger partial charge on any atom is 0.355 e. The predicted octanol–water partition coefficient (Wildman–Crippen LogP) is 4.78. The quantitative estimate of drug-likeness (QED) is 0.154. The molecule has 1 aromatic rings. The zero-order valence-corrected chi connectivity index (χ0v) is 25.6. The van der Waals surface area contributed by atoms with Crippen molar-refractivity contribution in [3.63, 3.8) is 0 Å². The zero-order valence-electron chi connectivity index (χ0n) is 24.8. The van der Waals surface area contributed by atoms with E-state index >= 15 is 0 Å². The highest BCUT2D eigenvalue weighted by Gasteiger charge is 2.30. The highest BCUT2D eigenvalue weighted by atomic mass is 32.1. The van der Waals surface area contributed by atoms with Crippen molar-refractivity contribution in [2.45, 2.75) is 105 Å². The van der Waals surface area contributed by atoms with Crippen LogP contribution in [-0.4, -0.2) is 58.4 Å². The lowest BCUT2D eigenvalue weighted by Gasteiger charge is -2.33. The molecule has 10 nitrogen and oxygen atoms in total. The van der Waals surface area contributed by atoms with Gasteiger partial charge in [-0.1, -0.05) is 47.5 Å². The largest absolute Gasteiger partial charge is 0.476 e. The summed E-state index contributed by atoms with van der Waals surface area (Å²) in [6.45, 7) is 12.1. The summed E-state index contributed by atoms with van der Waals surface area (Å²) in [6, 6.07) is -0.152. The number of rotatable bonds is 15. The summed E-state index contributed by atoms with van der Waals surface area (Å²) < 4.78 is 5.40. The molecule has 224 valence electrons. The van der Waals surface area contributed by atoms with Crippen LogP contribution in [0.5, 0.6) is 0 Å². The number of aromatic nitrogens is 1. The van der Waals surface area contributed by atoms with E-state index in [-0.39, 0.29) is 29.5 Å². The van der Waals surface area contributed by atoms with E-state index < -0.39 is 18.0 Å². The number of carbonyl (C=O) groups is 4. The van der Waals surface area contributed by atoms with Crippen LogP contribution in [0.1, 0.15) is 115 Å². The van der Waals surface area contributed by atoms with Crippen molar-refractivity contribution in [3.05, 3.63) is 16.1 Å².